The van der Waals surface area contributed by atoms with E-state index in [0.717, 1.165) is 10.8 Å². The molecule has 10 atom stereocenters. The molecule has 1 saturated heterocycles. The summed E-state index contributed by atoms with van der Waals surface area (Å²) in [6.07, 6.45) is 10.7. The number of carboxylic acids is 1. The minimum absolute atomic E-state index is 0.0188. The van der Waals surface area contributed by atoms with E-state index >= 15 is 9.59 Å². The fraction of sp³-hybridized carbons (Fsp3) is 0.463. The lowest BCUT2D eigenvalue weighted by molar-refractivity contribution is -0.144. The Morgan fingerprint density at radius 3 is 1.45 bits per heavy atom. The number of halogens is 1. The SMILES string of the molecule is CC(=O)N[C@H](Cc1ccc2ccccc2c1)C(=O)N[C@H](Cc1ccc(Cl)cc1)C(=O)N[C@H](Cc1cccnc1)C(=O)N[C@@H](CO)C(=O)N[C@@H](CCCCNC(=O)c1cccnc1)C(=O)N[C@H](CCCCNC(=O)c1cccnc1)C(=O)NC(CC(C)C)C(=O)N[C@@H](CCCCNC(C)C)C(=O)N1CCC[C@H]1C(=O)N[C@H](C)C(=O)O. The van der Waals surface area contributed by atoms with Gasteiger partial charge < -0.3 is 78.9 Å². The van der Waals surface area contributed by atoms with Crippen LogP contribution < -0.4 is 63.8 Å². The number of aliphatic hydroxyl groups excluding tert-OH is 1. The average molecular weight is 1590 g/mol. The smallest absolute Gasteiger partial charge is 0.325 e. The number of aromatic nitrogens is 3. The van der Waals surface area contributed by atoms with Gasteiger partial charge in [-0.3, -0.25) is 77.3 Å². The molecule has 4 heterocycles. The molecule has 32 heteroatoms. The topological polar surface area (TPSA) is 449 Å². The largest absolute Gasteiger partial charge is 0.480 e. The highest BCUT2D eigenvalue weighted by atomic mass is 35.5. The van der Waals surface area contributed by atoms with Crippen molar-refractivity contribution in [3.63, 3.8) is 0 Å². The third-order valence-corrected chi connectivity index (χ3v) is 19.3. The van der Waals surface area contributed by atoms with Gasteiger partial charge in [0.25, 0.3) is 11.8 Å². The van der Waals surface area contributed by atoms with Gasteiger partial charge in [0.15, 0.2) is 0 Å². The van der Waals surface area contributed by atoms with Crippen LogP contribution in [0.3, 0.4) is 0 Å². The number of hydrogen-bond donors (Lipinski definition) is 14. The molecule has 0 spiro atoms. The van der Waals surface area contributed by atoms with Crippen LogP contribution in [0.15, 0.2) is 140 Å². The maximum absolute atomic E-state index is 15.2. The Morgan fingerprint density at radius 1 is 0.474 bits per heavy atom. The molecule has 1 unspecified atom stereocenters. The summed E-state index contributed by atoms with van der Waals surface area (Å²) in [6, 6.07) is 15.6. The zero-order valence-corrected chi connectivity index (χ0v) is 66.0. The highest BCUT2D eigenvalue weighted by Gasteiger charge is 2.41. The van der Waals surface area contributed by atoms with Crippen LogP contribution in [0.2, 0.25) is 5.02 Å². The molecule has 12 amide bonds. The molecule has 0 radical (unpaired) electrons. The van der Waals surface area contributed by atoms with Crippen LogP contribution in [0, 0.1) is 5.92 Å². The van der Waals surface area contributed by atoms with E-state index in [1.807, 2.05) is 56.3 Å². The Bertz CT molecular complexity index is 4210. The summed E-state index contributed by atoms with van der Waals surface area (Å²) in [5.74, 6) is -10.4. The van der Waals surface area contributed by atoms with Gasteiger partial charge in [0.2, 0.25) is 59.1 Å². The Morgan fingerprint density at radius 2 is 0.930 bits per heavy atom. The number of benzene rings is 3. The third-order valence-electron chi connectivity index (χ3n) is 19.1. The molecule has 1 fully saturated rings. The van der Waals surface area contributed by atoms with E-state index in [1.165, 1.54) is 55.9 Å². The molecule has 7 rings (SSSR count). The van der Waals surface area contributed by atoms with Gasteiger partial charge in [-0.2, -0.15) is 0 Å². The molecule has 6 aromatic rings. The minimum atomic E-state index is -1.84. The Hall–Kier alpha value is -11.3. The number of aliphatic hydroxyl groups is 1. The molecular formula is C82H107ClN16O15. The molecule has 3 aromatic heterocycles. The normalized spacial score (nSPS) is 14.9. The van der Waals surface area contributed by atoms with Crippen LogP contribution in [0.5, 0.6) is 0 Å². The number of unbranched alkanes of at least 4 members (excludes halogenated alkanes) is 3. The second kappa shape index (κ2) is 46.6. The number of hydrogen-bond acceptors (Lipinski definition) is 18. The number of nitrogens with zero attached hydrogens (tertiary/aromatic N) is 4. The summed E-state index contributed by atoms with van der Waals surface area (Å²) in [4.78, 5) is 197. The van der Waals surface area contributed by atoms with Gasteiger partial charge in [0.05, 0.1) is 17.7 Å². The fourth-order valence-electron chi connectivity index (χ4n) is 13.0. The van der Waals surface area contributed by atoms with Crippen LogP contribution in [-0.2, 0) is 72.0 Å². The monoisotopic (exact) mass is 1590 g/mol. The number of fused-ring (bicyclic) bond motifs is 1. The van der Waals surface area contributed by atoms with E-state index in [4.69, 9.17) is 11.6 Å². The quantitative estimate of drug-likeness (QED) is 0.0243. The van der Waals surface area contributed by atoms with E-state index in [2.05, 4.69) is 78.8 Å². The molecule has 0 saturated carbocycles. The molecule has 0 bridgehead atoms. The van der Waals surface area contributed by atoms with E-state index in [9.17, 15) is 63.0 Å². The average Bonchev–Trinajstić information content (AvgIpc) is 1.51. The van der Waals surface area contributed by atoms with Crippen molar-refractivity contribution < 1.29 is 72.5 Å². The number of carboxylic acid groups (broad SMARTS) is 1. The second-order valence-corrected chi connectivity index (χ2v) is 29.6. The maximum atomic E-state index is 15.2. The van der Waals surface area contributed by atoms with Crippen molar-refractivity contribution in [2.75, 3.05) is 32.8 Å². The molecule has 114 heavy (non-hydrogen) atoms. The van der Waals surface area contributed by atoms with Crippen molar-refractivity contribution in [3.8, 4) is 0 Å². The van der Waals surface area contributed by atoms with Crippen LogP contribution in [0.25, 0.3) is 10.8 Å². The minimum Gasteiger partial charge on any atom is -0.480 e. The van der Waals surface area contributed by atoms with Gasteiger partial charge in [-0.15, -0.1) is 0 Å². The number of nitrogens with one attached hydrogen (secondary N) is 12. The second-order valence-electron chi connectivity index (χ2n) is 29.1. The number of aliphatic carboxylic acids is 1. The van der Waals surface area contributed by atoms with E-state index < -0.39 is 144 Å². The van der Waals surface area contributed by atoms with E-state index in [-0.39, 0.29) is 114 Å². The first kappa shape index (κ1) is 89.9. The summed E-state index contributed by atoms with van der Waals surface area (Å²) in [7, 11) is 0. The first-order valence-corrected chi connectivity index (χ1v) is 39.1. The number of carbonyl (C=O) groups excluding carboxylic acids is 12. The highest BCUT2D eigenvalue weighted by molar-refractivity contribution is 6.30. The lowest BCUT2D eigenvalue weighted by atomic mass is 9.99. The van der Waals surface area contributed by atoms with Crippen molar-refractivity contribution in [1.82, 2.24) is 83.7 Å². The molecule has 14 N–H and O–H groups in total. The number of carbonyl (C=O) groups is 13. The van der Waals surface area contributed by atoms with Crippen LogP contribution in [0.1, 0.15) is 156 Å². The number of pyridine rings is 3. The molecule has 31 nitrogen and oxygen atoms in total. The Labute approximate surface area is 668 Å². The van der Waals surface area contributed by atoms with Gasteiger partial charge in [-0.1, -0.05) is 100.0 Å². The molecule has 3 aromatic carbocycles. The maximum Gasteiger partial charge on any atom is 0.325 e. The van der Waals surface area contributed by atoms with Crippen molar-refractivity contribution >= 4 is 99.2 Å². The molecular weight excluding hydrogens is 1480 g/mol. The van der Waals surface area contributed by atoms with Crippen molar-refractivity contribution in [2.24, 2.45) is 5.92 Å². The standard InChI is InChI=1S/C82H107ClN16O15/c1-50(2)41-65(75(106)94-64(26-11-12-37-87-51(3)4)81(112)99-40-18-27-70(99)80(111)90-52(5)82(113)114)95-74(105)63(25-10-14-39-89-72(103)60-23-17-36-86-48-60)92-73(104)62(24-9-13-38-88-71(102)59-22-16-35-85-47-59)93-79(110)69(49-100)98-78(109)68(45-56-19-15-34-84-46-56)97-77(108)67(43-54-29-32-61(83)33-30-54)96-76(107)66(91-53(6)101)44-55-28-31-57-20-7-8-21-58(57)42-55/h7-8,15-17,19-23,28-36,42,46-48,50-52,62-70,87,100H,9-14,18,24-27,37-41,43-45,49H2,1-6H3,(H,88,102)(H,89,103)(H,90,111)(H,91,101)(H,92,104)(H,93,110)(H,94,106)(H,95,105)(H,96,107)(H,97,108)(H,98,109)(H,113,114)/t52-,62+,63-,64+,65?,66-,67-,68-,69+,70+/m1/s1. The Kier molecular flexibility index (Phi) is 36.8. The molecule has 612 valence electrons. The fourth-order valence-corrected chi connectivity index (χ4v) is 13.1. The number of likely N-dealkylation sites (tertiary alicyclic amines) is 1. The molecule has 1 aliphatic heterocycles. The highest BCUT2D eigenvalue weighted by Crippen LogP contribution is 2.23. The number of rotatable bonds is 46. The predicted molar refractivity (Wildman–Crippen MR) is 426 cm³/mol. The van der Waals surface area contributed by atoms with Gasteiger partial charge in [0.1, 0.15) is 60.4 Å². The van der Waals surface area contributed by atoms with Gasteiger partial charge in [0, 0.05) is 94.1 Å². The Balaban J connectivity index is 1.15. The van der Waals surface area contributed by atoms with Crippen LogP contribution in [0.4, 0.5) is 0 Å². The van der Waals surface area contributed by atoms with Gasteiger partial charge in [-0.05, 0) is 166 Å². The van der Waals surface area contributed by atoms with E-state index in [0.29, 0.717) is 53.1 Å². The molecule has 1 aliphatic rings. The first-order chi connectivity index (χ1) is 54.7. The third kappa shape index (κ3) is 30.0. The first-order valence-electron chi connectivity index (χ1n) is 38.7. The summed E-state index contributed by atoms with van der Waals surface area (Å²) >= 11 is 6.27. The zero-order valence-electron chi connectivity index (χ0n) is 65.2. The lowest BCUT2D eigenvalue weighted by Crippen LogP contribution is -2.61. The lowest BCUT2D eigenvalue weighted by Gasteiger charge is -2.31. The van der Waals surface area contributed by atoms with Gasteiger partial charge >= 0.3 is 5.97 Å². The summed E-state index contributed by atoms with van der Waals surface area (Å²) in [5, 5.41) is 56.1. The zero-order chi connectivity index (χ0) is 82.6. The van der Waals surface area contributed by atoms with E-state index in [1.54, 1.807) is 74.5 Å². The summed E-state index contributed by atoms with van der Waals surface area (Å²) < 4.78 is 0. The van der Waals surface area contributed by atoms with Crippen molar-refractivity contribution in [1.29, 1.82) is 0 Å². The van der Waals surface area contributed by atoms with Crippen LogP contribution >= 0.6 is 11.6 Å². The molecule has 0 aliphatic carbocycles. The van der Waals surface area contributed by atoms with Crippen LogP contribution in [-0.4, -0.2) is 206 Å². The number of amides is 12. The predicted octanol–water partition coefficient (Wildman–Crippen LogP) is 3.59. The van der Waals surface area contributed by atoms with Crippen molar-refractivity contribution in [2.45, 2.75) is 204 Å². The van der Waals surface area contributed by atoms with Gasteiger partial charge in [-0.25, -0.2) is 0 Å². The summed E-state index contributed by atoms with van der Waals surface area (Å²) in [5.41, 5.74) is 2.26. The van der Waals surface area contributed by atoms with Crippen molar-refractivity contribution in [3.05, 3.63) is 173 Å². The summed E-state index contributed by atoms with van der Waals surface area (Å²) in [6.45, 7) is 10.00.